The molecule has 7 heteroatoms. The first-order valence-electron chi connectivity index (χ1n) is 6.16. The zero-order chi connectivity index (χ0) is 14.5. The molecule has 3 nitrogen and oxygen atoms in total. The number of hydrogen-bond donors (Lipinski definition) is 1. The normalized spacial score (nSPS) is 11.9. The molecular formula is C12H18F3N3S. The second-order valence-electron chi connectivity index (χ2n) is 4.47. The van der Waals surface area contributed by atoms with Gasteiger partial charge in [-0.3, -0.25) is 0 Å². The Morgan fingerprint density at radius 1 is 1.32 bits per heavy atom. The molecule has 1 N–H and O–H groups in total. The quantitative estimate of drug-likeness (QED) is 0.634. The van der Waals surface area contributed by atoms with E-state index in [1.165, 1.54) is 11.8 Å². The van der Waals surface area contributed by atoms with Gasteiger partial charge in [0, 0.05) is 12.6 Å². The molecule has 1 rings (SSSR count). The van der Waals surface area contributed by atoms with E-state index in [0.29, 0.717) is 17.5 Å². The number of anilines is 1. The molecule has 0 aliphatic rings. The minimum Gasteiger partial charge on any atom is -0.370 e. The van der Waals surface area contributed by atoms with E-state index >= 15 is 0 Å². The average molecular weight is 293 g/mol. The van der Waals surface area contributed by atoms with Crippen molar-refractivity contribution in [1.29, 1.82) is 0 Å². The summed E-state index contributed by atoms with van der Waals surface area (Å²) in [5.41, 5.74) is 0. The van der Waals surface area contributed by atoms with Gasteiger partial charge in [-0.15, -0.1) is 11.8 Å². The second-order valence-corrected chi connectivity index (χ2v) is 5.59. The standard InChI is InChI=1S/C12H18F3N3S/c1-4-16-9-7-10(19-6-5-8(2)3)18-11(17-9)12(13,14)15/h7-8H,4-6H2,1-3H3,(H,16,17,18). The molecule has 0 fully saturated rings. The summed E-state index contributed by atoms with van der Waals surface area (Å²) in [6.07, 6.45) is -3.58. The molecule has 0 radical (unpaired) electrons. The first kappa shape index (κ1) is 16.1. The van der Waals surface area contributed by atoms with Crippen LogP contribution in [-0.4, -0.2) is 22.3 Å². The van der Waals surface area contributed by atoms with Crippen molar-refractivity contribution in [1.82, 2.24) is 9.97 Å². The van der Waals surface area contributed by atoms with Crippen molar-refractivity contribution in [2.45, 2.75) is 38.4 Å². The third-order valence-electron chi connectivity index (χ3n) is 2.26. The average Bonchev–Trinajstić information content (AvgIpc) is 2.27. The van der Waals surface area contributed by atoms with E-state index in [2.05, 4.69) is 29.1 Å². The van der Waals surface area contributed by atoms with Gasteiger partial charge < -0.3 is 5.32 Å². The predicted octanol–water partition coefficient (Wildman–Crippen LogP) is 4.07. The Hall–Kier alpha value is -0.980. The Balaban J connectivity index is 2.87. The van der Waals surface area contributed by atoms with E-state index in [-0.39, 0.29) is 5.82 Å². The van der Waals surface area contributed by atoms with Crippen LogP contribution < -0.4 is 5.32 Å². The molecule has 0 aliphatic carbocycles. The first-order valence-corrected chi connectivity index (χ1v) is 7.14. The fourth-order valence-electron chi connectivity index (χ4n) is 1.30. The molecule has 0 bridgehead atoms. The zero-order valence-corrected chi connectivity index (χ0v) is 12.0. The van der Waals surface area contributed by atoms with Crippen LogP contribution in [0.5, 0.6) is 0 Å². The predicted molar refractivity (Wildman–Crippen MR) is 71.4 cm³/mol. The molecular weight excluding hydrogens is 275 g/mol. The highest BCUT2D eigenvalue weighted by Gasteiger charge is 2.35. The van der Waals surface area contributed by atoms with Gasteiger partial charge in [0.15, 0.2) is 0 Å². The number of alkyl halides is 3. The lowest BCUT2D eigenvalue weighted by Gasteiger charge is -2.11. The Bertz CT molecular complexity index is 408. The summed E-state index contributed by atoms with van der Waals surface area (Å²) in [6.45, 7) is 6.48. The van der Waals surface area contributed by atoms with Gasteiger partial charge in [-0.2, -0.15) is 13.2 Å². The van der Waals surface area contributed by atoms with Crippen molar-refractivity contribution in [3.63, 3.8) is 0 Å². The van der Waals surface area contributed by atoms with E-state index in [4.69, 9.17) is 0 Å². The van der Waals surface area contributed by atoms with Crippen molar-refractivity contribution in [3.8, 4) is 0 Å². The van der Waals surface area contributed by atoms with Gasteiger partial charge in [0.05, 0.1) is 0 Å². The molecule has 0 unspecified atom stereocenters. The van der Waals surface area contributed by atoms with Gasteiger partial charge in [-0.05, 0) is 25.0 Å². The molecule has 0 spiro atoms. The topological polar surface area (TPSA) is 37.8 Å². The highest BCUT2D eigenvalue weighted by molar-refractivity contribution is 7.99. The summed E-state index contributed by atoms with van der Waals surface area (Å²) in [7, 11) is 0. The molecule has 0 aliphatic heterocycles. The summed E-state index contributed by atoms with van der Waals surface area (Å²) in [5.74, 6) is 0.400. The summed E-state index contributed by atoms with van der Waals surface area (Å²) in [6, 6.07) is 1.56. The van der Waals surface area contributed by atoms with Crippen molar-refractivity contribution in [2.24, 2.45) is 5.92 Å². The lowest BCUT2D eigenvalue weighted by molar-refractivity contribution is -0.145. The van der Waals surface area contributed by atoms with E-state index in [1.807, 2.05) is 0 Å². The van der Waals surface area contributed by atoms with Crippen LogP contribution in [0.15, 0.2) is 11.1 Å². The lowest BCUT2D eigenvalue weighted by Crippen LogP contribution is -2.13. The monoisotopic (exact) mass is 293 g/mol. The third kappa shape index (κ3) is 5.67. The maximum Gasteiger partial charge on any atom is 0.451 e. The van der Waals surface area contributed by atoms with Crippen LogP contribution in [0, 0.1) is 5.92 Å². The Morgan fingerprint density at radius 3 is 2.53 bits per heavy atom. The van der Waals surface area contributed by atoms with Crippen LogP contribution >= 0.6 is 11.8 Å². The van der Waals surface area contributed by atoms with Gasteiger partial charge in [-0.1, -0.05) is 13.8 Å². The highest BCUT2D eigenvalue weighted by Crippen LogP contribution is 2.29. The van der Waals surface area contributed by atoms with Gasteiger partial charge in [0.2, 0.25) is 5.82 Å². The van der Waals surface area contributed by atoms with Crippen LogP contribution in [0.1, 0.15) is 33.0 Å². The molecule has 0 saturated carbocycles. The maximum absolute atomic E-state index is 12.7. The largest absolute Gasteiger partial charge is 0.451 e. The van der Waals surface area contributed by atoms with Gasteiger partial charge in [0.25, 0.3) is 0 Å². The minimum atomic E-state index is -4.52. The Labute approximate surface area is 115 Å². The van der Waals surface area contributed by atoms with E-state index in [0.717, 1.165) is 12.2 Å². The van der Waals surface area contributed by atoms with Crippen LogP contribution in [0.25, 0.3) is 0 Å². The Morgan fingerprint density at radius 2 is 2.00 bits per heavy atom. The molecule has 19 heavy (non-hydrogen) atoms. The van der Waals surface area contributed by atoms with Crippen molar-refractivity contribution < 1.29 is 13.2 Å². The van der Waals surface area contributed by atoms with Crippen LogP contribution in [0.2, 0.25) is 0 Å². The summed E-state index contributed by atoms with van der Waals surface area (Å²) < 4.78 is 38.0. The molecule has 1 aromatic rings. The fourth-order valence-corrected chi connectivity index (χ4v) is 2.44. The molecule has 0 saturated heterocycles. The van der Waals surface area contributed by atoms with E-state index in [1.54, 1.807) is 13.0 Å². The first-order chi connectivity index (χ1) is 8.82. The summed E-state index contributed by atoms with van der Waals surface area (Å²) >= 11 is 1.33. The van der Waals surface area contributed by atoms with Gasteiger partial charge in [0.1, 0.15) is 10.8 Å². The molecule has 108 valence electrons. The molecule has 0 aromatic carbocycles. The van der Waals surface area contributed by atoms with Gasteiger partial charge >= 0.3 is 6.18 Å². The number of aromatic nitrogens is 2. The maximum atomic E-state index is 12.7. The second kappa shape index (κ2) is 6.98. The van der Waals surface area contributed by atoms with E-state index in [9.17, 15) is 13.2 Å². The third-order valence-corrected chi connectivity index (χ3v) is 3.20. The number of nitrogens with zero attached hydrogens (tertiary/aromatic N) is 2. The highest BCUT2D eigenvalue weighted by atomic mass is 32.2. The van der Waals surface area contributed by atoms with Crippen molar-refractivity contribution >= 4 is 17.6 Å². The minimum absolute atomic E-state index is 0.219. The van der Waals surface area contributed by atoms with Crippen molar-refractivity contribution in [2.75, 3.05) is 17.6 Å². The van der Waals surface area contributed by atoms with Gasteiger partial charge in [-0.25, -0.2) is 9.97 Å². The number of nitrogens with one attached hydrogen (secondary N) is 1. The summed E-state index contributed by atoms with van der Waals surface area (Å²) in [4.78, 5) is 7.05. The van der Waals surface area contributed by atoms with E-state index < -0.39 is 12.0 Å². The zero-order valence-electron chi connectivity index (χ0n) is 11.2. The number of hydrogen-bond acceptors (Lipinski definition) is 4. The SMILES string of the molecule is CCNc1cc(SCCC(C)C)nc(C(F)(F)F)n1. The fraction of sp³-hybridized carbons (Fsp3) is 0.667. The van der Waals surface area contributed by atoms with Crippen molar-refractivity contribution in [3.05, 3.63) is 11.9 Å². The molecule has 0 atom stereocenters. The Kier molecular flexibility index (Phi) is 5.90. The number of halogens is 3. The molecule has 1 aromatic heterocycles. The van der Waals surface area contributed by atoms with Crippen LogP contribution in [0.4, 0.5) is 19.0 Å². The molecule has 0 amide bonds. The van der Waals surface area contributed by atoms with Crippen LogP contribution in [-0.2, 0) is 6.18 Å². The smallest absolute Gasteiger partial charge is 0.370 e. The number of thioether (sulfide) groups is 1. The lowest BCUT2D eigenvalue weighted by atomic mass is 10.2. The number of rotatable bonds is 6. The summed E-state index contributed by atoms with van der Waals surface area (Å²) in [5, 5.41) is 3.16. The molecule has 1 heterocycles. The van der Waals surface area contributed by atoms with Crippen LogP contribution in [0.3, 0.4) is 0 Å².